The molecule has 4 N–H and O–H groups in total. The molecule has 0 bridgehead atoms. The van der Waals surface area contributed by atoms with Gasteiger partial charge in [0.25, 0.3) is 11.8 Å². The Morgan fingerprint density at radius 2 is 1.66 bits per heavy atom. The second kappa shape index (κ2) is 12.5. The van der Waals surface area contributed by atoms with Crippen LogP contribution < -0.4 is 20.7 Å². The number of benzene rings is 2. The number of carbonyl (C=O) groups is 2. The number of halogens is 3. The summed E-state index contributed by atoms with van der Waals surface area (Å²) in [5.41, 5.74) is 1.65. The van der Waals surface area contributed by atoms with Crippen LogP contribution in [-0.4, -0.2) is 63.0 Å². The first-order valence-electron chi connectivity index (χ1n) is 13.8. The van der Waals surface area contributed by atoms with Gasteiger partial charge in [0.1, 0.15) is 5.75 Å². The molecule has 2 aromatic carbocycles. The van der Waals surface area contributed by atoms with Gasteiger partial charge in [0.15, 0.2) is 12.3 Å². The largest absolute Gasteiger partial charge is 0.482 e. The molecule has 13 heteroatoms. The number of hydrogen-bond donors (Lipinski definition) is 4. The fourth-order valence-corrected chi connectivity index (χ4v) is 3.98. The van der Waals surface area contributed by atoms with E-state index in [2.05, 4.69) is 26.0 Å². The SMILES string of the molecule is CC(C)(C)CNC(=O)c1cccc(-c2ccc3nc(Nc4ccc(C(=O)NC(C)(C)CO)cc4OCC(F)(F)F)nn3c2)c1. The Kier molecular flexibility index (Phi) is 9.19. The molecule has 0 spiro atoms. The van der Waals surface area contributed by atoms with Crippen LogP contribution in [-0.2, 0) is 0 Å². The molecule has 0 radical (unpaired) electrons. The Morgan fingerprint density at radius 3 is 2.34 bits per heavy atom. The van der Waals surface area contributed by atoms with Crippen molar-refractivity contribution < 1.29 is 32.6 Å². The molecule has 0 atom stereocenters. The van der Waals surface area contributed by atoms with E-state index in [9.17, 15) is 27.9 Å². The first kappa shape index (κ1) is 32.3. The average molecular weight is 613 g/mol. The van der Waals surface area contributed by atoms with Crippen LogP contribution in [0.25, 0.3) is 16.8 Å². The van der Waals surface area contributed by atoms with Crippen molar-refractivity contribution in [2.45, 2.75) is 46.3 Å². The van der Waals surface area contributed by atoms with E-state index in [4.69, 9.17) is 4.74 Å². The number of amides is 2. The van der Waals surface area contributed by atoms with Crippen LogP contribution in [0.3, 0.4) is 0 Å². The van der Waals surface area contributed by atoms with Gasteiger partial charge >= 0.3 is 6.18 Å². The summed E-state index contributed by atoms with van der Waals surface area (Å²) in [6.07, 6.45) is -2.90. The lowest BCUT2D eigenvalue weighted by atomic mass is 9.96. The van der Waals surface area contributed by atoms with Crippen LogP contribution >= 0.6 is 0 Å². The molecular formula is C31H35F3N6O4. The average Bonchev–Trinajstić information content (AvgIpc) is 3.36. The highest BCUT2D eigenvalue weighted by Crippen LogP contribution is 2.31. The normalized spacial score (nSPS) is 12.2. The Morgan fingerprint density at radius 1 is 0.932 bits per heavy atom. The number of fused-ring (bicyclic) bond motifs is 1. The van der Waals surface area contributed by atoms with E-state index in [0.717, 1.165) is 11.1 Å². The van der Waals surface area contributed by atoms with Crippen LogP contribution in [0.4, 0.5) is 24.8 Å². The van der Waals surface area contributed by atoms with Crippen LogP contribution in [0.1, 0.15) is 55.3 Å². The molecule has 234 valence electrons. The summed E-state index contributed by atoms with van der Waals surface area (Å²) in [5, 5.41) is 22.3. The van der Waals surface area contributed by atoms with Gasteiger partial charge in [-0.3, -0.25) is 9.59 Å². The molecule has 2 heterocycles. The topological polar surface area (TPSA) is 130 Å². The Bertz CT molecular complexity index is 1660. The molecular weight excluding hydrogens is 577 g/mol. The molecule has 2 aromatic heterocycles. The summed E-state index contributed by atoms with van der Waals surface area (Å²) >= 11 is 0. The Labute approximate surface area is 252 Å². The van der Waals surface area contributed by atoms with E-state index >= 15 is 0 Å². The molecule has 0 aliphatic heterocycles. The van der Waals surface area contributed by atoms with Crippen LogP contribution in [0.2, 0.25) is 0 Å². The maximum atomic E-state index is 13.0. The third-order valence-electron chi connectivity index (χ3n) is 6.30. The van der Waals surface area contributed by atoms with Gasteiger partial charge in [-0.05, 0) is 67.3 Å². The standard InChI is InChI=1S/C31H35F3N6O4/c1-29(2,3)16-35-26(42)20-8-6-7-19(13-20)22-10-12-25-37-28(39-40(25)15-22)36-23-11-9-21(27(43)38-30(4,5)17-41)14-24(23)44-18-31(32,33)34/h6-15,41H,16-18H2,1-5H3,(H,35,42)(H,36,39)(H,38,43). The van der Waals surface area contributed by atoms with Crippen molar-refractivity contribution in [1.29, 1.82) is 0 Å². The van der Waals surface area contributed by atoms with E-state index in [1.807, 2.05) is 32.9 Å². The van der Waals surface area contributed by atoms with Gasteiger partial charge in [-0.1, -0.05) is 32.9 Å². The van der Waals surface area contributed by atoms with Gasteiger partial charge in [-0.15, -0.1) is 5.10 Å². The van der Waals surface area contributed by atoms with Crippen molar-refractivity contribution in [2.75, 3.05) is 25.1 Å². The van der Waals surface area contributed by atoms with Gasteiger partial charge in [0.05, 0.1) is 17.8 Å². The monoisotopic (exact) mass is 612 g/mol. The van der Waals surface area contributed by atoms with Gasteiger partial charge in [0.2, 0.25) is 5.95 Å². The zero-order valence-electron chi connectivity index (χ0n) is 25.0. The third kappa shape index (κ3) is 8.69. The zero-order valence-corrected chi connectivity index (χ0v) is 25.0. The lowest BCUT2D eigenvalue weighted by Gasteiger charge is -2.23. The lowest BCUT2D eigenvalue weighted by molar-refractivity contribution is -0.153. The van der Waals surface area contributed by atoms with E-state index in [1.54, 1.807) is 44.3 Å². The quantitative estimate of drug-likeness (QED) is 0.190. The van der Waals surface area contributed by atoms with E-state index in [0.29, 0.717) is 17.8 Å². The minimum atomic E-state index is -4.61. The maximum absolute atomic E-state index is 13.0. The highest BCUT2D eigenvalue weighted by atomic mass is 19.4. The van der Waals surface area contributed by atoms with Crippen LogP contribution in [0.5, 0.6) is 5.75 Å². The maximum Gasteiger partial charge on any atom is 0.422 e. The number of anilines is 2. The van der Waals surface area contributed by atoms with Gasteiger partial charge in [-0.2, -0.15) is 18.2 Å². The summed E-state index contributed by atoms with van der Waals surface area (Å²) in [4.78, 5) is 29.7. The van der Waals surface area contributed by atoms with E-state index in [1.165, 1.54) is 22.7 Å². The number of rotatable bonds is 10. The molecule has 0 saturated carbocycles. The van der Waals surface area contributed by atoms with Crippen LogP contribution in [0.15, 0.2) is 60.8 Å². The predicted molar refractivity (Wildman–Crippen MR) is 160 cm³/mol. The summed E-state index contributed by atoms with van der Waals surface area (Å²) in [5.74, 6) is -0.938. The van der Waals surface area contributed by atoms with Crippen molar-refractivity contribution in [1.82, 2.24) is 25.2 Å². The highest BCUT2D eigenvalue weighted by molar-refractivity contribution is 5.96. The highest BCUT2D eigenvalue weighted by Gasteiger charge is 2.29. The van der Waals surface area contributed by atoms with Crippen molar-refractivity contribution in [3.8, 4) is 16.9 Å². The number of aliphatic hydroxyl groups is 1. The molecule has 4 aromatic rings. The Balaban J connectivity index is 1.58. The fourth-order valence-electron chi connectivity index (χ4n) is 3.98. The molecule has 0 aliphatic carbocycles. The molecule has 0 saturated heterocycles. The molecule has 44 heavy (non-hydrogen) atoms. The Hall–Kier alpha value is -4.65. The minimum absolute atomic E-state index is 0.0381. The van der Waals surface area contributed by atoms with Crippen molar-refractivity contribution >= 4 is 29.1 Å². The van der Waals surface area contributed by atoms with Gasteiger partial charge in [0, 0.05) is 29.4 Å². The number of alkyl halides is 3. The smallest absolute Gasteiger partial charge is 0.422 e. The number of ether oxygens (including phenoxy) is 1. The first-order valence-corrected chi connectivity index (χ1v) is 13.8. The minimum Gasteiger partial charge on any atom is -0.482 e. The molecule has 4 rings (SSSR count). The predicted octanol–water partition coefficient (Wildman–Crippen LogP) is 5.36. The molecule has 0 fully saturated rings. The molecule has 10 nitrogen and oxygen atoms in total. The molecule has 0 unspecified atom stereocenters. The second-order valence-electron chi connectivity index (χ2n) is 12.2. The number of aromatic nitrogens is 3. The summed E-state index contributed by atoms with van der Waals surface area (Å²) in [6.45, 7) is 7.91. The van der Waals surface area contributed by atoms with Crippen molar-refractivity contribution in [3.63, 3.8) is 0 Å². The molecule has 0 aliphatic rings. The summed E-state index contributed by atoms with van der Waals surface area (Å²) in [6, 6.07) is 14.7. The first-order chi connectivity index (χ1) is 20.5. The second-order valence-corrected chi connectivity index (χ2v) is 12.2. The fraction of sp³-hybridized carbons (Fsp3) is 0.355. The number of nitrogens with zero attached hydrogens (tertiary/aromatic N) is 3. The van der Waals surface area contributed by atoms with E-state index < -0.39 is 24.2 Å². The van der Waals surface area contributed by atoms with Gasteiger partial charge < -0.3 is 25.8 Å². The number of pyridine rings is 1. The number of aliphatic hydroxyl groups excluding tert-OH is 1. The van der Waals surface area contributed by atoms with Crippen molar-refractivity contribution in [2.24, 2.45) is 5.41 Å². The number of carbonyl (C=O) groups excluding carboxylic acids is 2. The number of hydrogen-bond acceptors (Lipinski definition) is 7. The van der Waals surface area contributed by atoms with E-state index in [-0.39, 0.29) is 40.9 Å². The lowest BCUT2D eigenvalue weighted by Crippen LogP contribution is -2.46. The van der Waals surface area contributed by atoms with Crippen molar-refractivity contribution in [3.05, 3.63) is 71.9 Å². The zero-order chi connectivity index (χ0) is 32.3. The molecule has 2 amide bonds. The van der Waals surface area contributed by atoms with Gasteiger partial charge in [-0.25, -0.2) is 4.52 Å². The van der Waals surface area contributed by atoms with Crippen LogP contribution in [0, 0.1) is 5.41 Å². The summed E-state index contributed by atoms with van der Waals surface area (Å²) < 4.78 is 45.5. The number of nitrogens with one attached hydrogen (secondary N) is 3. The summed E-state index contributed by atoms with van der Waals surface area (Å²) in [7, 11) is 0. The third-order valence-corrected chi connectivity index (χ3v) is 6.30.